The average molecular weight is 435 g/mol. The van der Waals surface area contributed by atoms with Crippen LogP contribution in [0.2, 0.25) is 0 Å². The summed E-state index contributed by atoms with van der Waals surface area (Å²) in [4.78, 5) is 25.3. The van der Waals surface area contributed by atoms with E-state index in [4.69, 9.17) is 0 Å². The third-order valence-corrected chi connectivity index (χ3v) is 5.86. The molecule has 2 amide bonds. The van der Waals surface area contributed by atoms with Crippen LogP contribution in [-0.2, 0) is 19.4 Å². The van der Waals surface area contributed by atoms with Gasteiger partial charge in [0.05, 0.1) is 0 Å². The van der Waals surface area contributed by atoms with Gasteiger partial charge in [-0.15, -0.1) is 0 Å². The van der Waals surface area contributed by atoms with E-state index in [2.05, 4.69) is 15.7 Å². The molecule has 4 rings (SSSR count). The number of hydrogen-bond donors (Lipinski definition) is 2. The van der Waals surface area contributed by atoms with Crippen molar-refractivity contribution < 1.29 is 14.0 Å². The molecule has 7 heteroatoms. The molecule has 2 aromatic carbocycles. The number of fused-ring (bicyclic) bond motifs is 1. The number of carbonyl (C=O) groups excluding carboxylic acids is 2. The smallest absolute Gasteiger partial charge is 0.272 e. The lowest BCUT2D eigenvalue weighted by Gasteiger charge is -2.12. The van der Waals surface area contributed by atoms with Gasteiger partial charge in [0.15, 0.2) is 5.69 Å². The maximum atomic E-state index is 14.3. The van der Waals surface area contributed by atoms with Crippen molar-refractivity contribution in [3.8, 4) is 5.69 Å². The lowest BCUT2D eigenvalue weighted by Crippen LogP contribution is -2.32. The van der Waals surface area contributed by atoms with Crippen molar-refractivity contribution in [2.45, 2.75) is 52.1 Å². The monoisotopic (exact) mass is 434 g/mol. The molecule has 6 nitrogen and oxygen atoms in total. The van der Waals surface area contributed by atoms with Crippen molar-refractivity contribution in [1.82, 2.24) is 20.4 Å². The Kier molecular flexibility index (Phi) is 6.35. The van der Waals surface area contributed by atoms with Gasteiger partial charge in [-0.25, -0.2) is 9.07 Å². The van der Waals surface area contributed by atoms with Crippen LogP contribution in [0, 0.1) is 5.82 Å². The predicted molar refractivity (Wildman–Crippen MR) is 120 cm³/mol. The standard InChI is InChI=1S/C25H27FN4O2/c1-3-16(2)28-24(31)18-9-6-8-17(14-18)15-27-25(32)23-19-10-7-13-21(19)30(29-23)22-12-5-4-11-20(22)26/h4-6,8-9,11-12,14,16H,3,7,10,13,15H2,1-2H3,(H,27,32)(H,28,31). The van der Waals surface area contributed by atoms with Crippen LogP contribution in [-0.4, -0.2) is 27.6 Å². The summed E-state index contributed by atoms with van der Waals surface area (Å²) in [6.07, 6.45) is 3.27. The Morgan fingerprint density at radius 3 is 2.72 bits per heavy atom. The zero-order valence-corrected chi connectivity index (χ0v) is 18.3. The highest BCUT2D eigenvalue weighted by molar-refractivity contribution is 5.95. The second kappa shape index (κ2) is 9.34. The fourth-order valence-corrected chi connectivity index (χ4v) is 3.94. The Labute approximate surface area is 186 Å². The summed E-state index contributed by atoms with van der Waals surface area (Å²) in [6, 6.07) is 13.7. The molecular weight excluding hydrogens is 407 g/mol. The second-order valence-corrected chi connectivity index (χ2v) is 8.16. The van der Waals surface area contributed by atoms with Gasteiger partial charge in [0.1, 0.15) is 11.5 Å². The largest absolute Gasteiger partial charge is 0.350 e. The van der Waals surface area contributed by atoms with Gasteiger partial charge in [0.25, 0.3) is 11.8 Å². The second-order valence-electron chi connectivity index (χ2n) is 8.16. The number of carbonyl (C=O) groups is 2. The van der Waals surface area contributed by atoms with E-state index in [-0.39, 0.29) is 30.2 Å². The van der Waals surface area contributed by atoms with Gasteiger partial charge in [-0.3, -0.25) is 9.59 Å². The number of benzene rings is 2. The number of hydrogen-bond acceptors (Lipinski definition) is 3. The van der Waals surface area contributed by atoms with Crippen LogP contribution in [0.5, 0.6) is 0 Å². The van der Waals surface area contributed by atoms with Crippen LogP contribution in [0.25, 0.3) is 5.69 Å². The van der Waals surface area contributed by atoms with E-state index in [0.717, 1.165) is 42.5 Å². The van der Waals surface area contributed by atoms with Crippen LogP contribution >= 0.6 is 0 Å². The molecule has 0 spiro atoms. The Hall–Kier alpha value is -3.48. The maximum absolute atomic E-state index is 14.3. The van der Waals surface area contributed by atoms with E-state index in [1.807, 2.05) is 19.9 Å². The van der Waals surface area contributed by atoms with E-state index < -0.39 is 0 Å². The minimum absolute atomic E-state index is 0.0949. The molecule has 166 valence electrons. The zero-order valence-electron chi connectivity index (χ0n) is 18.3. The van der Waals surface area contributed by atoms with Gasteiger partial charge in [-0.2, -0.15) is 5.10 Å². The summed E-state index contributed by atoms with van der Waals surface area (Å²) < 4.78 is 15.9. The van der Waals surface area contributed by atoms with Gasteiger partial charge in [0, 0.05) is 29.4 Å². The minimum Gasteiger partial charge on any atom is -0.350 e. The molecule has 1 unspecified atom stereocenters. The number of nitrogens with one attached hydrogen (secondary N) is 2. The molecule has 1 heterocycles. The highest BCUT2D eigenvalue weighted by atomic mass is 19.1. The third-order valence-electron chi connectivity index (χ3n) is 5.86. The molecular formula is C25H27FN4O2. The van der Waals surface area contributed by atoms with Gasteiger partial charge in [0.2, 0.25) is 0 Å². The quantitative estimate of drug-likeness (QED) is 0.591. The highest BCUT2D eigenvalue weighted by Gasteiger charge is 2.27. The van der Waals surface area contributed by atoms with Crippen LogP contribution in [0.15, 0.2) is 48.5 Å². The highest BCUT2D eigenvalue weighted by Crippen LogP contribution is 2.28. The lowest BCUT2D eigenvalue weighted by molar-refractivity contribution is 0.0935. The Balaban J connectivity index is 1.50. The topological polar surface area (TPSA) is 76.0 Å². The van der Waals surface area contributed by atoms with E-state index in [1.165, 1.54) is 6.07 Å². The van der Waals surface area contributed by atoms with Crippen molar-refractivity contribution in [3.63, 3.8) is 0 Å². The predicted octanol–water partition coefficient (Wildman–Crippen LogP) is 3.96. The van der Waals surface area contributed by atoms with Crippen molar-refractivity contribution in [2.24, 2.45) is 0 Å². The lowest BCUT2D eigenvalue weighted by atomic mass is 10.1. The first-order chi connectivity index (χ1) is 15.5. The number of rotatable bonds is 7. The fourth-order valence-electron chi connectivity index (χ4n) is 3.94. The van der Waals surface area contributed by atoms with E-state index in [0.29, 0.717) is 16.9 Å². The van der Waals surface area contributed by atoms with E-state index >= 15 is 0 Å². The van der Waals surface area contributed by atoms with Crippen molar-refractivity contribution >= 4 is 11.8 Å². The summed E-state index contributed by atoms with van der Waals surface area (Å²) in [5, 5.41) is 10.3. The Bertz CT molecular complexity index is 1150. The molecule has 1 aromatic heterocycles. The fraction of sp³-hybridized carbons (Fsp3) is 0.320. The molecule has 0 bridgehead atoms. The minimum atomic E-state index is -0.371. The van der Waals surface area contributed by atoms with Gasteiger partial charge >= 0.3 is 0 Å². The molecule has 3 aromatic rings. The van der Waals surface area contributed by atoms with Crippen LogP contribution < -0.4 is 10.6 Å². The molecule has 0 saturated carbocycles. The Morgan fingerprint density at radius 1 is 1.12 bits per heavy atom. The average Bonchev–Trinajstić information content (AvgIpc) is 3.41. The summed E-state index contributed by atoms with van der Waals surface area (Å²) >= 11 is 0. The first-order valence-electron chi connectivity index (χ1n) is 11.0. The molecule has 0 aliphatic heterocycles. The van der Waals surface area contributed by atoms with Crippen LogP contribution in [0.3, 0.4) is 0 Å². The van der Waals surface area contributed by atoms with Crippen molar-refractivity contribution in [3.05, 3.63) is 82.4 Å². The first kappa shape index (κ1) is 21.7. The summed E-state index contributed by atoms with van der Waals surface area (Å²) in [5.74, 6) is -0.800. The maximum Gasteiger partial charge on any atom is 0.272 e. The number of amides is 2. The van der Waals surface area contributed by atoms with Gasteiger partial charge in [-0.1, -0.05) is 31.2 Å². The molecule has 1 atom stereocenters. The van der Waals surface area contributed by atoms with E-state index in [9.17, 15) is 14.0 Å². The van der Waals surface area contributed by atoms with Crippen LogP contribution in [0.4, 0.5) is 4.39 Å². The normalized spacial score (nSPS) is 13.5. The third kappa shape index (κ3) is 4.42. The molecule has 1 aliphatic carbocycles. The number of para-hydroxylation sites is 1. The molecule has 2 N–H and O–H groups in total. The van der Waals surface area contributed by atoms with E-state index in [1.54, 1.807) is 41.1 Å². The van der Waals surface area contributed by atoms with Crippen molar-refractivity contribution in [2.75, 3.05) is 0 Å². The summed E-state index contributed by atoms with van der Waals surface area (Å²) in [6.45, 7) is 4.24. The Morgan fingerprint density at radius 2 is 1.94 bits per heavy atom. The molecule has 0 radical (unpaired) electrons. The molecule has 0 fully saturated rings. The summed E-state index contributed by atoms with van der Waals surface area (Å²) in [7, 11) is 0. The molecule has 1 aliphatic rings. The molecule has 32 heavy (non-hydrogen) atoms. The first-order valence-corrected chi connectivity index (χ1v) is 11.0. The summed E-state index contributed by atoms with van der Waals surface area (Å²) in [5.41, 5.74) is 3.84. The van der Waals surface area contributed by atoms with Crippen LogP contribution in [0.1, 0.15) is 64.4 Å². The van der Waals surface area contributed by atoms with Crippen molar-refractivity contribution in [1.29, 1.82) is 0 Å². The number of aromatic nitrogens is 2. The van der Waals surface area contributed by atoms with Gasteiger partial charge < -0.3 is 10.6 Å². The number of halogens is 1. The number of nitrogens with zero attached hydrogens (tertiary/aromatic N) is 2. The zero-order chi connectivity index (χ0) is 22.7. The SMILES string of the molecule is CCC(C)NC(=O)c1cccc(CNC(=O)c2nn(-c3ccccc3F)c3c2CCC3)c1. The molecule has 0 saturated heterocycles. The van der Waals surface area contributed by atoms with Gasteiger partial charge in [-0.05, 0) is 62.4 Å².